The van der Waals surface area contributed by atoms with E-state index in [0.717, 1.165) is 12.3 Å². The van der Waals surface area contributed by atoms with E-state index in [0.29, 0.717) is 6.54 Å². The van der Waals surface area contributed by atoms with Crippen LogP contribution in [0.4, 0.5) is 0 Å². The summed E-state index contributed by atoms with van der Waals surface area (Å²) in [5.41, 5.74) is 1.30. The Labute approximate surface area is 96.1 Å². The maximum atomic E-state index is 9.03. The summed E-state index contributed by atoms with van der Waals surface area (Å²) in [6.45, 7) is 5.50. The highest BCUT2D eigenvalue weighted by Crippen LogP contribution is 2.17. The number of rotatable bonds is 6. The number of aliphatic hydroxyl groups is 1. The van der Waals surface area contributed by atoms with Gasteiger partial charge in [0.25, 0.3) is 0 Å². The molecule has 0 aliphatic rings. The van der Waals surface area contributed by atoms with Crippen molar-refractivity contribution in [3.63, 3.8) is 0 Å². The van der Waals surface area contributed by atoms with Crippen molar-refractivity contribution in [1.82, 2.24) is 5.32 Å². The zero-order valence-electron chi connectivity index (χ0n) is 9.36. The van der Waals surface area contributed by atoms with Gasteiger partial charge in [0.2, 0.25) is 0 Å². The first-order chi connectivity index (χ1) is 7.18. The number of benzene rings is 1. The van der Waals surface area contributed by atoms with Crippen LogP contribution in [0, 0.1) is 6.92 Å². The van der Waals surface area contributed by atoms with E-state index in [1.807, 2.05) is 11.8 Å². The Balaban J connectivity index is 2.12. The monoisotopic (exact) mass is 225 g/mol. The highest BCUT2D eigenvalue weighted by atomic mass is 32.2. The van der Waals surface area contributed by atoms with E-state index < -0.39 is 0 Å². The van der Waals surface area contributed by atoms with E-state index in [9.17, 15) is 0 Å². The molecule has 0 heterocycles. The minimum Gasteiger partial charge on any atom is -0.392 e. The van der Waals surface area contributed by atoms with E-state index in [4.69, 9.17) is 5.11 Å². The summed E-state index contributed by atoms with van der Waals surface area (Å²) in [6.07, 6.45) is -0.255. The van der Waals surface area contributed by atoms with Gasteiger partial charge >= 0.3 is 0 Å². The third kappa shape index (κ3) is 5.82. The largest absolute Gasteiger partial charge is 0.392 e. The lowest BCUT2D eigenvalue weighted by Gasteiger charge is -2.06. The summed E-state index contributed by atoms with van der Waals surface area (Å²) < 4.78 is 0. The summed E-state index contributed by atoms with van der Waals surface area (Å²) in [5, 5.41) is 12.2. The van der Waals surface area contributed by atoms with Crippen molar-refractivity contribution in [3.05, 3.63) is 29.8 Å². The Morgan fingerprint density at radius 3 is 2.60 bits per heavy atom. The molecule has 0 radical (unpaired) electrons. The first-order valence-corrected chi connectivity index (χ1v) is 6.25. The minimum absolute atomic E-state index is 0.255. The predicted molar refractivity (Wildman–Crippen MR) is 66.5 cm³/mol. The summed E-state index contributed by atoms with van der Waals surface area (Å²) in [5.74, 6) is 1.04. The number of hydrogen-bond acceptors (Lipinski definition) is 3. The van der Waals surface area contributed by atoms with Crippen LogP contribution in [0.1, 0.15) is 12.5 Å². The van der Waals surface area contributed by atoms with Crippen molar-refractivity contribution in [2.45, 2.75) is 24.8 Å². The van der Waals surface area contributed by atoms with Gasteiger partial charge < -0.3 is 10.4 Å². The van der Waals surface area contributed by atoms with Crippen LogP contribution in [0.15, 0.2) is 29.2 Å². The molecule has 0 spiro atoms. The fraction of sp³-hybridized carbons (Fsp3) is 0.500. The second kappa shape index (κ2) is 6.88. The zero-order valence-corrected chi connectivity index (χ0v) is 10.2. The van der Waals surface area contributed by atoms with Crippen LogP contribution in [-0.4, -0.2) is 30.1 Å². The van der Waals surface area contributed by atoms with Gasteiger partial charge in [-0.15, -0.1) is 11.8 Å². The van der Waals surface area contributed by atoms with E-state index in [1.54, 1.807) is 6.92 Å². The van der Waals surface area contributed by atoms with Crippen molar-refractivity contribution in [1.29, 1.82) is 0 Å². The number of nitrogens with one attached hydrogen (secondary N) is 1. The molecule has 3 heteroatoms. The summed E-state index contributed by atoms with van der Waals surface area (Å²) in [4.78, 5) is 1.31. The second-order valence-electron chi connectivity index (χ2n) is 3.71. The highest BCUT2D eigenvalue weighted by Gasteiger charge is 1.95. The van der Waals surface area contributed by atoms with Gasteiger partial charge in [0.05, 0.1) is 6.10 Å². The van der Waals surface area contributed by atoms with Gasteiger partial charge in [0.15, 0.2) is 0 Å². The molecule has 0 aliphatic heterocycles. The molecular weight excluding hydrogens is 206 g/mol. The van der Waals surface area contributed by atoms with Crippen molar-refractivity contribution in [2.24, 2.45) is 0 Å². The van der Waals surface area contributed by atoms with Gasteiger partial charge in [-0.3, -0.25) is 0 Å². The number of hydrogen-bond donors (Lipinski definition) is 2. The Morgan fingerprint density at radius 1 is 1.33 bits per heavy atom. The molecular formula is C12H19NOS. The van der Waals surface area contributed by atoms with E-state index >= 15 is 0 Å². The molecule has 2 N–H and O–H groups in total. The average Bonchev–Trinajstić information content (AvgIpc) is 2.20. The van der Waals surface area contributed by atoms with Crippen LogP contribution in [0.2, 0.25) is 0 Å². The SMILES string of the molecule is Cc1ccc(SCCNC[C@H](C)O)cc1. The first-order valence-electron chi connectivity index (χ1n) is 5.27. The normalized spacial score (nSPS) is 12.7. The van der Waals surface area contributed by atoms with Gasteiger partial charge in [-0.05, 0) is 26.0 Å². The van der Waals surface area contributed by atoms with Crippen molar-refractivity contribution >= 4 is 11.8 Å². The van der Waals surface area contributed by atoms with Crippen molar-refractivity contribution in [2.75, 3.05) is 18.8 Å². The zero-order chi connectivity index (χ0) is 11.1. The van der Waals surface area contributed by atoms with Crippen LogP contribution in [0.3, 0.4) is 0 Å². The lowest BCUT2D eigenvalue weighted by Crippen LogP contribution is -2.26. The topological polar surface area (TPSA) is 32.3 Å². The molecule has 0 saturated heterocycles. The van der Waals surface area contributed by atoms with E-state index in [1.165, 1.54) is 10.5 Å². The minimum atomic E-state index is -0.255. The van der Waals surface area contributed by atoms with Crippen molar-refractivity contribution in [3.8, 4) is 0 Å². The molecule has 0 fully saturated rings. The Morgan fingerprint density at radius 2 is 2.00 bits per heavy atom. The molecule has 0 bridgehead atoms. The molecule has 15 heavy (non-hydrogen) atoms. The number of aryl methyl sites for hydroxylation is 1. The van der Waals surface area contributed by atoms with E-state index in [2.05, 4.69) is 36.5 Å². The second-order valence-corrected chi connectivity index (χ2v) is 4.88. The van der Waals surface area contributed by atoms with Gasteiger partial charge in [-0.25, -0.2) is 0 Å². The van der Waals surface area contributed by atoms with Crippen LogP contribution < -0.4 is 5.32 Å². The summed E-state index contributed by atoms with van der Waals surface area (Å²) in [7, 11) is 0. The average molecular weight is 225 g/mol. The standard InChI is InChI=1S/C12H19NOS/c1-10-3-5-12(6-4-10)15-8-7-13-9-11(2)14/h3-6,11,13-14H,7-9H2,1-2H3/t11-/m0/s1. The maximum absolute atomic E-state index is 9.03. The third-order valence-corrected chi connectivity index (χ3v) is 3.02. The van der Waals surface area contributed by atoms with Gasteiger partial charge in [0.1, 0.15) is 0 Å². The predicted octanol–water partition coefficient (Wildman–Crippen LogP) is 2.06. The summed E-state index contributed by atoms with van der Waals surface area (Å²) >= 11 is 1.84. The van der Waals surface area contributed by atoms with Crippen LogP contribution in [0.5, 0.6) is 0 Å². The molecule has 1 aromatic rings. The Bertz CT molecular complexity index is 271. The van der Waals surface area contributed by atoms with E-state index in [-0.39, 0.29) is 6.10 Å². The lowest BCUT2D eigenvalue weighted by atomic mass is 10.2. The van der Waals surface area contributed by atoms with Crippen LogP contribution in [0.25, 0.3) is 0 Å². The molecule has 0 aromatic heterocycles. The fourth-order valence-corrected chi connectivity index (χ4v) is 2.00. The molecule has 1 rings (SSSR count). The molecule has 0 amide bonds. The lowest BCUT2D eigenvalue weighted by molar-refractivity contribution is 0.192. The molecule has 84 valence electrons. The molecule has 1 atom stereocenters. The maximum Gasteiger partial charge on any atom is 0.0636 e. The van der Waals surface area contributed by atoms with Crippen LogP contribution >= 0.6 is 11.8 Å². The van der Waals surface area contributed by atoms with Crippen molar-refractivity contribution < 1.29 is 5.11 Å². The Kier molecular flexibility index (Phi) is 5.76. The third-order valence-electron chi connectivity index (χ3n) is 2.01. The van der Waals surface area contributed by atoms with Gasteiger partial charge in [-0.2, -0.15) is 0 Å². The fourth-order valence-electron chi connectivity index (χ4n) is 1.19. The van der Waals surface area contributed by atoms with Gasteiger partial charge in [-0.1, -0.05) is 17.7 Å². The molecule has 0 unspecified atom stereocenters. The molecule has 2 nitrogen and oxygen atoms in total. The molecule has 0 saturated carbocycles. The molecule has 1 aromatic carbocycles. The smallest absolute Gasteiger partial charge is 0.0636 e. The highest BCUT2D eigenvalue weighted by molar-refractivity contribution is 7.99. The summed E-state index contributed by atoms with van der Waals surface area (Å²) in [6, 6.07) is 8.56. The number of thioether (sulfide) groups is 1. The first kappa shape index (κ1) is 12.6. The number of aliphatic hydroxyl groups excluding tert-OH is 1. The quantitative estimate of drug-likeness (QED) is 0.574. The Hall–Kier alpha value is -0.510. The molecule has 0 aliphatic carbocycles. The van der Waals surface area contributed by atoms with Crippen LogP contribution in [-0.2, 0) is 0 Å². The van der Waals surface area contributed by atoms with Gasteiger partial charge in [0, 0.05) is 23.7 Å².